The minimum Gasteiger partial charge on any atom is -0.440 e. The van der Waals surface area contributed by atoms with E-state index in [1.807, 2.05) is 0 Å². The molecule has 2 heterocycles. The quantitative estimate of drug-likeness (QED) is 0.869. The van der Waals surface area contributed by atoms with Crippen molar-refractivity contribution in [3.8, 4) is 0 Å². The minimum absolute atomic E-state index is 0.142. The highest BCUT2D eigenvalue weighted by Gasteiger charge is 2.32. The van der Waals surface area contributed by atoms with Gasteiger partial charge in [0.15, 0.2) is 11.0 Å². The normalized spacial score (nSPS) is 20.3. The van der Waals surface area contributed by atoms with Crippen LogP contribution in [0.3, 0.4) is 0 Å². The van der Waals surface area contributed by atoms with E-state index in [0.29, 0.717) is 13.0 Å². The van der Waals surface area contributed by atoms with Gasteiger partial charge < -0.3 is 15.1 Å². The topological polar surface area (TPSA) is 76.5 Å². The predicted octanol–water partition coefficient (Wildman–Crippen LogP) is 1.41. The van der Waals surface area contributed by atoms with Gasteiger partial charge in [-0.1, -0.05) is 0 Å². The Morgan fingerprint density at radius 3 is 2.76 bits per heavy atom. The Labute approximate surface area is 104 Å². The van der Waals surface area contributed by atoms with Crippen LogP contribution in [0.2, 0.25) is 5.22 Å². The summed E-state index contributed by atoms with van der Waals surface area (Å²) in [5, 5.41) is 0.154. The Morgan fingerprint density at radius 1 is 1.41 bits per heavy atom. The molecule has 0 saturated carbocycles. The monoisotopic (exact) mass is 256 g/mol. The van der Waals surface area contributed by atoms with Crippen LogP contribution in [0.25, 0.3) is 0 Å². The van der Waals surface area contributed by atoms with Crippen molar-refractivity contribution in [1.82, 2.24) is 4.90 Å². The number of amides is 2. The molecule has 0 aromatic carbocycles. The van der Waals surface area contributed by atoms with E-state index in [9.17, 15) is 9.59 Å². The Bertz CT molecular complexity index is 444. The minimum atomic E-state index is -0.542. The SMILES string of the molecule is NC(=O)C1CCCCN1C(=O)c1ccc(Cl)o1. The van der Waals surface area contributed by atoms with E-state index in [2.05, 4.69) is 0 Å². The number of carbonyl (C=O) groups is 2. The number of piperidine rings is 1. The molecule has 1 fully saturated rings. The maximum Gasteiger partial charge on any atom is 0.290 e. The summed E-state index contributed by atoms with van der Waals surface area (Å²) in [5.74, 6) is -0.667. The first kappa shape index (κ1) is 12.0. The van der Waals surface area contributed by atoms with Crippen LogP contribution in [-0.2, 0) is 4.79 Å². The molecule has 1 atom stereocenters. The van der Waals surface area contributed by atoms with Gasteiger partial charge in [0.2, 0.25) is 5.91 Å². The summed E-state index contributed by atoms with van der Waals surface area (Å²) in [4.78, 5) is 24.8. The summed E-state index contributed by atoms with van der Waals surface area (Å²) in [6.07, 6.45) is 2.37. The third-order valence-corrected chi connectivity index (χ3v) is 3.08. The second kappa shape index (κ2) is 4.79. The summed E-state index contributed by atoms with van der Waals surface area (Å²) < 4.78 is 5.05. The lowest BCUT2D eigenvalue weighted by atomic mass is 10.0. The summed E-state index contributed by atoms with van der Waals surface area (Å²) in [6.45, 7) is 0.519. The fourth-order valence-electron chi connectivity index (χ4n) is 2.04. The van der Waals surface area contributed by atoms with E-state index < -0.39 is 11.9 Å². The van der Waals surface area contributed by atoms with Crippen molar-refractivity contribution >= 4 is 23.4 Å². The van der Waals surface area contributed by atoms with Gasteiger partial charge >= 0.3 is 0 Å². The van der Waals surface area contributed by atoms with Gasteiger partial charge in [0.05, 0.1) is 0 Å². The van der Waals surface area contributed by atoms with Crippen molar-refractivity contribution in [2.24, 2.45) is 5.73 Å². The van der Waals surface area contributed by atoms with Crippen LogP contribution in [-0.4, -0.2) is 29.3 Å². The number of primary amides is 1. The maximum atomic E-state index is 12.1. The third-order valence-electron chi connectivity index (χ3n) is 2.88. The number of nitrogens with zero attached hydrogens (tertiary/aromatic N) is 1. The van der Waals surface area contributed by atoms with E-state index in [4.69, 9.17) is 21.8 Å². The number of carbonyl (C=O) groups excluding carboxylic acids is 2. The van der Waals surface area contributed by atoms with Gasteiger partial charge in [-0.15, -0.1) is 0 Å². The van der Waals surface area contributed by atoms with E-state index in [0.717, 1.165) is 12.8 Å². The Balaban J connectivity index is 2.19. The van der Waals surface area contributed by atoms with E-state index in [-0.39, 0.29) is 16.9 Å². The molecule has 2 amide bonds. The number of halogens is 1. The van der Waals surface area contributed by atoms with Gasteiger partial charge in [0.25, 0.3) is 5.91 Å². The van der Waals surface area contributed by atoms with Gasteiger partial charge in [0.1, 0.15) is 6.04 Å². The molecule has 1 aliphatic heterocycles. The molecule has 1 aromatic heterocycles. The fraction of sp³-hybridized carbons (Fsp3) is 0.455. The van der Waals surface area contributed by atoms with Gasteiger partial charge in [-0.3, -0.25) is 9.59 Å². The largest absolute Gasteiger partial charge is 0.440 e. The number of rotatable bonds is 2. The molecule has 6 heteroatoms. The highest BCUT2D eigenvalue weighted by molar-refractivity contribution is 6.29. The zero-order chi connectivity index (χ0) is 12.4. The molecule has 2 rings (SSSR count). The van der Waals surface area contributed by atoms with Crippen LogP contribution >= 0.6 is 11.6 Å². The number of furan rings is 1. The number of hydrogen-bond acceptors (Lipinski definition) is 3. The molecule has 2 N–H and O–H groups in total. The Morgan fingerprint density at radius 2 is 2.18 bits per heavy atom. The highest BCUT2D eigenvalue weighted by Crippen LogP contribution is 2.21. The van der Waals surface area contributed by atoms with Crippen LogP contribution in [0, 0.1) is 0 Å². The summed E-state index contributed by atoms with van der Waals surface area (Å²) >= 11 is 5.61. The van der Waals surface area contributed by atoms with Crippen LogP contribution in [0.4, 0.5) is 0 Å². The van der Waals surface area contributed by atoms with Gasteiger partial charge in [-0.25, -0.2) is 0 Å². The molecule has 17 heavy (non-hydrogen) atoms. The lowest BCUT2D eigenvalue weighted by Gasteiger charge is -2.32. The predicted molar refractivity (Wildman–Crippen MR) is 61.6 cm³/mol. The first-order valence-electron chi connectivity index (χ1n) is 5.45. The van der Waals surface area contributed by atoms with Crippen LogP contribution in [0.15, 0.2) is 16.5 Å². The molecule has 0 bridgehead atoms. The zero-order valence-corrected chi connectivity index (χ0v) is 9.94. The molecule has 0 radical (unpaired) electrons. The smallest absolute Gasteiger partial charge is 0.290 e. The highest BCUT2D eigenvalue weighted by atomic mass is 35.5. The van der Waals surface area contributed by atoms with Gasteiger partial charge in [-0.05, 0) is 43.0 Å². The van der Waals surface area contributed by atoms with Crippen molar-refractivity contribution in [2.45, 2.75) is 25.3 Å². The van der Waals surface area contributed by atoms with Crippen LogP contribution in [0.5, 0.6) is 0 Å². The average molecular weight is 257 g/mol. The van der Waals surface area contributed by atoms with Crippen LogP contribution < -0.4 is 5.73 Å². The zero-order valence-electron chi connectivity index (χ0n) is 9.19. The summed E-state index contributed by atoms with van der Waals surface area (Å²) in [5.41, 5.74) is 5.29. The Hall–Kier alpha value is -1.49. The first-order valence-corrected chi connectivity index (χ1v) is 5.83. The number of hydrogen-bond donors (Lipinski definition) is 1. The van der Waals surface area contributed by atoms with E-state index >= 15 is 0 Å². The molecule has 92 valence electrons. The maximum absolute atomic E-state index is 12.1. The third kappa shape index (κ3) is 2.44. The molecular weight excluding hydrogens is 244 g/mol. The first-order chi connectivity index (χ1) is 8.09. The number of nitrogens with two attached hydrogens (primary N) is 1. The molecule has 1 aliphatic rings. The molecule has 1 unspecified atom stereocenters. The van der Waals surface area contributed by atoms with E-state index in [1.165, 1.54) is 17.0 Å². The van der Waals surface area contributed by atoms with Gasteiger partial charge in [0, 0.05) is 6.54 Å². The molecule has 5 nitrogen and oxygen atoms in total. The fourth-order valence-corrected chi connectivity index (χ4v) is 2.19. The summed E-state index contributed by atoms with van der Waals surface area (Å²) in [6, 6.07) is 2.45. The molecule has 1 aromatic rings. The van der Waals surface area contributed by atoms with Crippen molar-refractivity contribution in [3.63, 3.8) is 0 Å². The molecule has 0 aliphatic carbocycles. The average Bonchev–Trinajstić information content (AvgIpc) is 2.75. The lowest BCUT2D eigenvalue weighted by molar-refractivity contribution is -0.123. The standard InChI is InChI=1S/C11H13ClN2O3/c12-9-5-4-8(17-9)11(16)14-6-2-1-3-7(14)10(13)15/h4-5,7H,1-3,6H2,(H2,13,15). The Kier molecular flexibility index (Phi) is 3.38. The number of likely N-dealkylation sites (tertiary alicyclic amines) is 1. The van der Waals surface area contributed by atoms with Crippen molar-refractivity contribution < 1.29 is 14.0 Å². The van der Waals surface area contributed by atoms with Gasteiger partial charge in [-0.2, -0.15) is 0 Å². The molecule has 1 saturated heterocycles. The van der Waals surface area contributed by atoms with Crippen molar-refractivity contribution in [3.05, 3.63) is 23.1 Å². The van der Waals surface area contributed by atoms with Crippen molar-refractivity contribution in [1.29, 1.82) is 0 Å². The molecular formula is C11H13ClN2O3. The van der Waals surface area contributed by atoms with E-state index in [1.54, 1.807) is 0 Å². The van der Waals surface area contributed by atoms with Crippen LogP contribution in [0.1, 0.15) is 29.8 Å². The van der Waals surface area contributed by atoms with Crippen molar-refractivity contribution in [2.75, 3.05) is 6.54 Å². The second-order valence-corrected chi connectivity index (χ2v) is 4.39. The molecule has 0 spiro atoms. The lowest BCUT2D eigenvalue weighted by Crippen LogP contribution is -2.50. The summed E-state index contributed by atoms with van der Waals surface area (Å²) in [7, 11) is 0. The second-order valence-electron chi connectivity index (χ2n) is 4.02.